The number of ether oxygens (including phenoxy) is 1. The van der Waals surface area contributed by atoms with Crippen LogP contribution in [0.1, 0.15) is 30.1 Å². The second-order valence-electron chi connectivity index (χ2n) is 5.43. The predicted octanol–water partition coefficient (Wildman–Crippen LogP) is 2.19. The van der Waals surface area contributed by atoms with Gasteiger partial charge in [-0.2, -0.15) is 0 Å². The number of carbonyl (C=O) groups is 2. The number of carbonyl (C=O) groups excluding carboxylic acids is 1. The number of nitrogens with zero attached hydrogens (tertiary/aromatic N) is 2. The Hall–Kier alpha value is -2.24. The van der Waals surface area contributed by atoms with Gasteiger partial charge in [-0.3, -0.25) is 4.90 Å². The van der Waals surface area contributed by atoms with Gasteiger partial charge in [0.2, 0.25) is 0 Å². The molecule has 1 unspecified atom stereocenters. The minimum atomic E-state index is -1.05. The maximum Gasteiger partial charge on any atom is 0.339 e. The number of hydrogen-bond donors (Lipinski definition) is 1. The summed E-state index contributed by atoms with van der Waals surface area (Å²) < 4.78 is 5.49. The number of carboxylic acids is 1. The van der Waals surface area contributed by atoms with Gasteiger partial charge < -0.3 is 14.7 Å². The van der Waals surface area contributed by atoms with Crippen molar-refractivity contribution < 1.29 is 19.4 Å². The monoisotopic (exact) mass is 290 g/mol. The number of aromatic carboxylic acids is 1. The van der Waals surface area contributed by atoms with Gasteiger partial charge in [0.1, 0.15) is 12.2 Å². The van der Waals surface area contributed by atoms with Crippen molar-refractivity contribution in [1.29, 1.82) is 0 Å². The molecule has 3 rings (SSSR count). The fraction of sp³-hybridized carbons (Fsp3) is 0.467. The molecule has 2 aliphatic heterocycles. The van der Waals surface area contributed by atoms with E-state index in [4.69, 9.17) is 4.74 Å². The molecule has 1 saturated heterocycles. The van der Waals surface area contributed by atoms with E-state index in [-0.39, 0.29) is 23.4 Å². The van der Waals surface area contributed by atoms with E-state index in [1.807, 2.05) is 11.8 Å². The second kappa shape index (κ2) is 5.27. The van der Waals surface area contributed by atoms with Gasteiger partial charge in [0.05, 0.1) is 12.2 Å². The third-order valence-corrected chi connectivity index (χ3v) is 4.11. The van der Waals surface area contributed by atoms with Crippen LogP contribution >= 0.6 is 0 Å². The van der Waals surface area contributed by atoms with Crippen molar-refractivity contribution in [3.05, 3.63) is 23.8 Å². The van der Waals surface area contributed by atoms with E-state index in [0.29, 0.717) is 18.8 Å². The summed E-state index contributed by atoms with van der Waals surface area (Å²) in [5.41, 5.74) is 0.643. The predicted molar refractivity (Wildman–Crippen MR) is 77.0 cm³/mol. The van der Waals surface area contributed by atoms with Crippen molar-refractivity contribution >= 4 is 17.7 Å². The van der Waals surface area contributed by atoms with Crippen LogP contribution in [0.4, 0.5) is 10.5 Å². The molecule has 2 aliphatic rings. The molecule has 6 heteroatoms. The largest absolute Gasteiger partial charge is 0.489 e. The number of benzene rings is 1. The summed E-state index contributed by atoms with van der Waals surface area (Å²) in [4.78, 5) is 27.4. The Bertz CT molecular complexity index is 587. The highest BCUT2D eigenvalue weighted by atomic mass is 16.5. The lowest BCUT2D eigenvalue weighted by Crippen LogP contribution is -2.48. The normalized spacial score (nSPS) is 20.9. The third kappa shape index (κ3) is 2.30. The standard InChI is InChI=1S/C15H18N2O4/c1-10-4-3-7-16(10)15(20)17-8-9-21-13-11(14(18)19)5-2-6-12(13)17/h2,5-6,10H,3-4,7-9H2,1H3,(H,18,19). The summed E-state index contributed by atoms with van der Waals surface area (Å²) in [5, 5.41) is 9.23. The molecule has 0 saturated carbocycles. The number of urea groups is 1. The smallest absolute Gasteiger partial charge is 0.339 e. The number of para-hydroxylation sites is 1. The van der Waals surface area contributed by atoms with Gasteiger partial charge in [-0.25, -0.2) is 9.59 Å². The van der Waals surface area contributed by atoms with Crippen molar-refractivity contribution in [2.45, 2.75) is 25.8 Å². The lowest BCUT2D eigenvalue weighted by Gasteiger charge is -2.34. The molecule has 0 radical (unpaired) electrons. The fourth-order valence-corrected chi connectivity index (χ4v) is 2.99. The van der Waals surface area contributed by atoms with Crippen molar-refractivity contribution in [3.8, 4) is 5.75 Å². The zero-order valence-electron chi connectivity index (χ0n) is 11.9. The molecule has 1 atom stereocenters. The van der Waals surface area contributed by atoms with Crippen molar-refractivity contribution in [1.82, 2.24) is 4.90 Å². The highest BCUT2D eigenvalue weighted by Gasteiger charge is 2.33. The summed E-state index contributed by atoms with van der Waals surface area (Å²) in [6.07, 6.45) is 2.03. The van der Waals surface area contributed by atoms with Crippen molar-refractivity contribution in [2.75, 3.05) is 24.6 Å². The molecule has 0 spiro atoms. The molecule has 1 N–H and O–H groups in total. The molecule has 21 heavy (non-hydrogen) atoms. The van der Waals surface area contributed by atoms with E-state index >= 15 is 0 Å². The molecule has 6 nitrogen and oxygen atoms in total. The molecule has 1 aromatic rings. The first-order valence-corrected chi connectivity index (χ1v) is 7.17. The summed E-state index contributed by atoms with van der Waals surface area (Å²) in [6.45, 7) is 3.55. The number of likely N-dealkylation sites (tertiary alicyclic amines) is 1. The van der Waals surface area contributed by atoms with Gasteiger partial charge in [-0.15, -0.1) is 0 Å². The first kappa shape index (κ1) is 13.7. The Labute approximate surface area is 122 Å². The minimum absolute atomic E-state index is 0.0629. The number of fused-ring (bicyclic) bond motifs is 1. The van der Waals surface area contributed by atoms with E-state index in [1.165, 1.54) is 6.07 Å². The van der Waals surface area contributed by atoms with Gasteiger partial charge in [-0.05, 0) is 31.9 Å². The van der Waals surface area contributed by atoms with Crippen LogP contribution in [-0.4, -0.2) is 47.7 Å². The lowest BCUT2D eigenvalue weighted by atomic mass is 10.1. The van der Waals surface area contributed by atoms with Crippen molar-refractivity contribution in [2.24, 2.45) is 0 Å². The Balaban J connectivity index is 1.95. The molecular formula is C15H18N2O4. The third-order valence-electron chi connectivity index (χ3n) is 4.11. The van der Waals surface area contributed by atoms with Crippen LogP contribution in [0.3, 0.4) is 0 Å². The lowest BCUT2D eigenvalue weighted by molar-refractivity contribution is 0.0691. The maximum absolute atomic E-state index is 12.7. The molecular weight excluding hydrogens is 272 g/mol. The summed E-state index contributed by atoms with van der Waals surface area (Å²) in [5.74, 6) is -0.757. The van der Waals surface area contributed by atoms with Crippen LogP contribution in [0, 0.1) is 0 Å². The van der Waals surface area contributed by atoms with Crippen LogP contribution in [0.25, 0.3) is 0 Å². The number of carboxylic acid groups (broad SMARTS) is 1. The molecule has 0 bridgehead atoms. The molecule has 1 aromatic carbocycles. The van der Waals surface area contributed by atoms with E-state index in [2.05, 4.69) is 0 Å². The van der Waals surface area contributed by atoms with E-state index < -0.39 is 5.97 Å². The van der Waals surface area contributed by atoms with Gasteiger partial charge in [0.25, 0.3) is 0 Å². The first-order chi connectivity index (χ1) is 10.1. The van der Waals surface area contributed by atoms with Gasteiger partial charge in [-0.1, -0.05) is 6.07 Å². The van der Waals surface area contributed by atoms with Crippen LogP contribution in [0.15, 0.2) is 18.2 Å². The van der Waals surface area contributed by atoms with Crippen molar-refractivity contribution in [3.63, 3.8) is 0 Å². The molecule has 0 aliphatic carbocycles. The highest BCUT2D eigenvalue weighted by molar-refractivity contribution is 5.99. The van der Waals surface area contributed by atoms with Crippen LogP contribution < -0.4 is 9.64 Å². The average molecular weight is 290 g/mol. The Morgan fingerprint density at radius 2 is 2.14 bits per heavy atom. The Kier molecular flexibility index (Phi) is 3.45. The second-order valence-corrected chi connectivity index (χ2v) is 5.43. The zero-order chi connectivity index (χ0) is 15.0. The van der Waals surface area contributed by atoms with Crippen LogP contribution in [0.5, 0.6) is 5.75 Å². The SMILES string of the molecule is CC1CCCN1C(=O)N1CCOc2c(C(=O)O)cccc21. The van der Waals surface area contributed by atoms with E-state index in [9.17, 15) is 14.7 Å². The molecule has 2 heterocycles. The van der Waals surface area contributed by atoms with Crippen LogP contribution in [-0.2, 0) is 0 Å². The molecule has 2 amide bonds. The number of anilines is 1. The number of hydrogen-bond acceptors (Lipinski definition) is 3. The Morgan fingerprint density at radius 1 is 1.33 bits per heavy atom. The average Bonchev–Trinajstić information content (AvgIpc) is 2.91. The number of rotatable bonds is 1. The maximum atomic E-state index is 12.7. The topological polar surface area (TPSA) is 70.1 Å². The zero-order valence-corrected chi connectivity index (χ0v) is 11.9. The van der Waals surface area contributed by atoms with E-state index in [1.54, 1.807) is 17.0 Å². The minimum Gasteiger partial charge on any atom is -0.489 e. The molecule has 0 aromatic heterocycles. The summed E-state index contributed by atoms with van der Waals surface area (Å²) in [7, 11) is 0. The van der Waals surface area contributed by atoms with Crippen LogP contribution in [0.2, 0.25) is 0 Å². The van der Waals surface area contributed by atoms with Gasteiger partial charge in [0, 0.05) is 12.6 Å². The summed E-state index contributed by atoms with van der Waals surface area (Å²) >= 11 is 0. The number of amides is 2. The van der Waals surface area contributed by atoms with E-state index in [0.717, 1.165) is 19.4 Å². The van der Waals surface area contributed by atoms with Gasteiger partial charge >= 0.3 is 12.0 Å². The molecule has 1 fully saturated rings. The highest BCUT2D eigenvalue weighted by Crippen LogP contribution is 2.36. The first-order valence-electron chi connectivity index (χ1n) is 7.17. The van der Waals surface area contributed by atoms with Gasteiger partial charge in [0.15, 0.2) is 5.75 Å². The summed E-state index contributed by atoms with van der Waals surface area (Å²) in [6, 6.07) is 5.04. The molecule has 112 valence electrons. The fourth-order valence-electron chi connectivity index (χ4n) is 2.99. The quantitative estimate of drug-likeness (QED) is 0.860. The Morgan fingerprint density at radius 3 is 2.81 bits per heavy atom.